The molecule has 0 radical (unpaired) electrons. The fraction of sp³-hybridized carbons (Fsp3) is 0.909. The number of piperidine rings is 1. The predicted octanol–water partition coefficient (Wildman–Crippen LogP) is 1.48. The minimum Gasteiger partial charge on any atom is -0.393 e. The number of hydrogen-bond donors (Lipinski definition) is 1. The van der Waals surface area contributed by atoms with Gasteiger partial charge in [-0.05, 0) is 32.4 Å². The fourth-order valence-electron chi connectivity index (χ4n) is 1.87. The van der Waals surface area contributed by atoms with Crippen molar-refractivity contribution in [3.05, 3.63) is 0 Å². The van der Waals surface area contributed by atoms with Gasteiger partial charge in [0.1, 0.15) is 4.75 Å². The number of likely N-dealkylation sites (tertiary alicyclic amines) is 1. The number of aliphatic hydroxyl groups excluding tert-OH is 1. The second-order valence-corrected chi connectivity index (χ2v) is 5.48. The van der Waals surface area contributed by atoms with Crippen LogP contribution < -0.4 is 0 Å². The lowest BCUT2D eigenvalue weighted by Gasteiger charge is -2.36. The molecule has 1 saturated heterocycles. The normalized spacial score (nSPS) is 23.3. The highest BCUT2D eigenvalue weighted by Crippen LogP contribution is 2.33. The Hall–Kier alpha value is -0.240. The highest BCUT2D eigenvalue weighted by atomic mass is 32.2. The summed E-state index contributed by atoms with van der Waals surface area (Å²) in [5.41, 5.74) is 0. The third-order valence-electron chi connectivity index (χ3n) is 3.12. The summed E-state index contributed by atoms with van der Waals surface area (Å²) in [5, 5.41) is 18.3. The van der Waals surface area contributed by atoms with Crippen molar-refractivity contribution < 1.29 is 5.11 Å². The Morgan fingerprint density at radius 3 is 2.53 bits per heavy atom. The van der Waals surface area contributed by atoms with Crippen LogP contribution in [0.4, 0.5) is 0 Å². The van der Waals surface area contributed by atoms with Crippen molar-refractivity contribution in [2.45, 2.75) is 37.0 Å². The van der Waals surface area contributed by atoms with Crippen LogP contribution in [-0.4, -0.2) is 46.7 Å². The van der Waals surface area contributed by atoms with Crippen molar-refractivity contribution in [2.75, 3.05) is 25.9 Å². The summed E-state index contributed by atoms with van der Waals surface area (Å²) in [6.45, 7) is 4.75. The highest BCUT2D eigenvalue weighted by Gasteiger charge is 2.33. The Labute approximate surface area is 96.5 Å². The van der Waals surface area contributed by atoms with Gasteiger partial charge in [0.25, 0.3) is 0 Å². The second-order valence-electron chi connectivity index (χ2n) is 4.29. The van der Waals surface area contributed by atoms with E-state index in [-0.39, 0.29) is 10.9 Å². The van der Waals surface area contributed by atoms with Gasteiger partial charge in [-0.15, -0.1) is 11.8 Å². The summed E-state index contributed by atoms with van der Waals surface area (Å²) in [5.74, 6) is 0. The summed E-state index contributed by atoms with van der Waals surface area (Å²) < 4.78 is -0.151. The van der Waals surface area contributed by atoms with E-state index in [0.717, 1.165) is 38.9 Å². The molecule has 1 aliphatic heterocycles. The standard InChI is InChI=1S/C11H20N2OS/c1-10(14)3-6-13-7-4-11(9-12,15-2)5-8-13/h10,14H,3-8H2,1-2H3. The smallest absolute Gasteiger partial charge is 0.104 e. The summed E-state index contributed by atoms with van der Waals surface area (Å²) in [6.07, 6.45) is 4.54. The molecule has 0 amide bonds. The van der Waals surface area contributed by atoms with Gasteiger partial charge in [-0.25, -0.2) is 0 Å². The van der Waals surface area contributed by atoms with Crippen molar-refractivity contribution in [3.8, 4) is 6.07 Å². The van der Waals surface area contributed by atoms with Gasteiger partial charge in [-0.3, -0.25) is 0 Å². The number of nitrogens with zero attached hydrogens (tertiary/aromatic N) is 2. The van der Waals surface area contributed by atoms with Crippen molar-refractivity contribution in [1.29, 1.82) is 5.26 Å². The molecule has 4 heteroatoms. The number of aliphatic hydroxyl groups is 1. The number of hydrogen-bond acceptors (Lipinski definition) is 4. The molecule has 1 N–H and O–H groups in total. The summed E-state index contributed by atoms with van der Waals surface area (Å²) >= 11 is 1.68. The van der Waals surface area contributed by atoms with E-state index in [1.54, 1.807) is 11.8 Å². The molecule has 0 aromatic heterocycles. The van der Waals surface area contributed by atoms with E-state index in [1.165, 1.54) is 0 Å². The van der Waals surface area contributed by atoms with Gasteiger partial charge in [0.15, 0.2) is 0 Å². The molecule has 1 fully saturated rings. The lowest BCUT2D eigenvalue weighted by atomic mass is 9.97. The molecular weight excluding hydrogens is 208 g/mol. The number of thioether (sulfide) groups is 1. The Morgan fingerprint density at radius 2 is 2.13 bits per heavy atom. The first-order valence-corrected chi connectivity index (χ1v) is 6.71. The monoisotopic (exact) mass is 228 g/mol. The Bertz CT molecular complexity index is 229. The SMILES string of the molecule is CSC1(C#N)CCN(CCC(C)O)CC1. The molecule has 0 aromatic carbocycles. The topological polar surface area (TPSA) is 47.3 Å². The molecular formula is C11H20N2OS. The Morgan fingerprint density at radius 1 is 1.53 bits per heavy atom. The quantitative estimate of drug-likeness (QED) is 0.791. The van der Waals surface area contributed by atoms with Crippen LogP contribution >= 0.6 is 11.8 Å². The molecule has 0 aromatic rings. The largest absolute Gasteiger partial charge is 0.393 e. The van der Waals surface area contributed by atoms with Crippen molar-refractivity contribution >= 4 is 11.8 Å². The van der Waals surface area contributed by atoms with E-state index >= 15 is 0 Å². The van der Waals surface area contributed by atoms with Crippen molar-refractivity contribution in [1.82, 2.24) is 4.90 Å². The molecule has 15 heavy (non-hydrogen) atoms. The lowest BCUT2D eigenvalue weighted by Crippen LogP contribution is -2.42. The lowest BCUT2D eigenvalue weighted by molar-refractivity contribution is 0.143. The van der Waals surface area contributed by atoms with Crippen LogP contribution in [0.2, 0.25) is 0 Å². The van der Waals surface area contributed by atoms with E-state index in [1.807, 2.05) is 13.2 Å². The molecule has 0 saturated carbocycles. The second kappa shape index (κ2) is 5.74. The maximum Gasteiger partial charge on any atom is 0.104 e. The molecule has 0 aliphatic carbocycles. The predicted molar refractivity (Wildman–Crippen MR) is 63.8 cm³/mol. The van der Waals surface area contributed by atoms with Gasteiger partial charge in [0.2, 0.25) is 0 Å². The van der Waals surface area contributed by atoms with Crippen LogP contribution in [0.3, 0.4) is 0 Å². The average Bonchev–Trinajstić information content (AvgIpc) is 2.27. The minimum absolute atomic E-state index is 0.151. The summed E-state index contributed by atoms with van der Waals surface area (Å²) in [7, 11) is 0. The van der Waals surface area contributed by atoms with Gasteiger partial charge < -0.3 is 10.0 Å². The molecule has 1 atom stereocenters. The molecule has 3 nitrogen and oxygen atoms in total. The van der Waals surface area contributed by atoms with Gasteiger partial charge in [-0.2, -0.15) is 5.26 Å². The van der Waals surface area contributed by atoms with E-state index in [0.29, 0.717) is 0 Å². The summed E-state index contributed by atoms with van der Waals surface area (Å²) in [4.78, 5) is 2.35. The molecule has 1 aliphatic rings. The van der Waals surface area contributed by atoms with Gasteiger partial charge in [-0.1, -0.05) is 0 Å². The van der Waals surface area contributed by atoms with E-state index < -0.39 is 0 Å². The molecule has 0 spiro atoms. The van der Waals surface area contributed by atoms with Crippen LogP contribution in [-0.2, 0) is 0 Å². The van der Waals surface area contributed by atoms with E-state index in [4.69, 9.17) is 5.26 Å². The molecule has 0 bridgehead atoms. The van der Waals surface area contributed by atoms with Gasteiger partial charge in [0.05, 0.1) is 12.2 Å². The maximum absolute atomic E-state index is 9.19. The van der Waals surface area contributed by atoms with Gasteiger partial charge in [0, 0.05) is 19.6 Å². The summed E-state index contributed by atoms with van der Waals surface area (Å²) in [6, 6.07) is 2.44. The van der Waals surface area contributed by atoms with Crippen LogP contribution in [0.15, 0.2) is 0 Å². The van der Waals surface area contributed by atoms with E-state index in [2.05, 4.69) is 11.0 Å². The van der Waals surface area contributed by atoms with Crippen molar-refractivity contribution in [2.24, 2.45) is 0 Å². The zero-order chi connectivity index (χ0) is 11.3. The van der Waals surface area contributed by atoms with Gasteiger partial charge >= 0.3 is 0 Å². The Kier molecular flexibility index (Phi) is 4.91. The third kappa shape index (κ3) is 3.67. The first-order chi connectivity index (χ1) is 7.12. The molecule has 1 unspecified atom stereocenters. The van der Waals surface area contributed by atoms with Crippen LogP contribution in [0.25, 0.3) is 0 Å². The Balaban J connectivity index is 2.33. The number of nitriles is 1. The minimum atomic E-state index is -0.215. The van der Waals surface area contributed by atoms with Crippen LogP contribution in [0.5, 0.6) is 0 Å². The molecule has 1 rings (SSSR count). The third-order valence-corrected chi connectivity index (χ3v) is 4.40. The average molecular weight is 228 g/mol. The first kappa shape index (κ1) is 12.8. The molecule has 86 valence electrons. The highest BCUT2D eigenvalue weighted by molar-refractivity contribution is 8.00. The zero-order valence-corrected chi connectivity index (χ0v) is 10.4. The fourth-order valence-corrected chi connectivity index (χ4v) is 2.55. The zero-order valence-electron chi connectivity index (χ0n) is 9.57. The van der Waals surface area contributed by atoms with Crippen LogP contribution in [0, 0.1) is 11.3 Å². The van der Waals surface area contributed by atoms with E-state index in [9.17, 15) is 5.11 Å². The number of rotatable bonds is 4. The van der Waals surface area contributed by atoms with Crippen molar-refractivity contribution in [3.63, 3.8) is 0 Å². The molecule has 1 heterocycles. The first-order valence-electron chi connectivity index (χ1n) is 5.49. The maximum atomic E-state index is 9.19. The van der Waals surface area contributed by atoms with Crippen LogP contribution in [0.1, 0.15) is 26.2 Å².